The van der Waals surface area contributed by atoms with E-state index < -0.39 is 11.4 Å². The molecule has 7 nitrogen and oxygen atoms in total. The first kappa shape index (κ1) is 23.3. The Labute approximate surface area is 200 Å². The third-order valence-corrected chi connectivity index (χ3v) is 7.54. The number of anilines is 4. The molecule has 2 amide bonds. The van der Waals surface area contributed by atoms with Crippen molar-refractivity contribution in [2.45, 2.75) is 44.2 Å². The number of nitrogens with zero attached hydrogens (tertiary/aromatic N) is 3. The molecule has 10 heteroatoms. The van der Waals surface area contributed by atoms with Gasteiger partial charge in [0.25, 0.3) is 0 Å². The molecule has 3 aromatic rings. The fraction of sp³-hybridized carbons (Fsp3) is 0.348. The Morgan fingerprint density at radius 1 is 1.21 bits per heavy atom. The number of thioether (sulfide) groups is 1. The summed E-state index contributed by atoms with van der Waals surface area (Å²) in [6, 6.07) is 9.55. The normalized spacial score (nSPS) is 14.2. The maximum atomic E-state index is 15.0. The molecule has 2 aromatic carbocycles. The summed E-state index contributed by atoms with van der Waals surface area (Å²) in [5.74, 6) is 0.538. The topological polar surface area (TPSA) is 90.4 Å². The number of carbonyl (C=O) groups excluding carboxylic acids is 1. The Bertz CT molecular complexity index is 1170. The number of fused-ring (bicyclic) bond motifs is 1. The lowest BCUT2D eigenvalue weighted by Crippen LogP contribution is -2.31. The van der Waals surface area contributed by atoms with Crippen molar-refractivity contribution in [2.24, 2.45) is 0 Å². The lowest BCUT2D eigenvalue weighted by atomic mass is 9.77. The number of carbonyl (C=O) groups is 1. The van der Waals surface area contributed by atoms with Crippen molar-refractivity contribution >= 4 is 51.5 Å². The predicted octanol–water partition coefficient (Wildman–Crippen LogP) is 6.35. The van der Waals surface area contributed by atoms with Crippen molar-refractivity contribution in [3.05, 3.63) is 47.8 Å². The van der Waals surface area contributed by atoms with Gasteiger partial charge in [-0.25, -0.2) is 9.18 Å². The molecule has 0 aliphatic carbocycles. The second-order valence-electron chi connectivity index (χ2n) is 7.78. The van der Waals surface area contributed by atoms with Gasteiger partial charge < -0.3 is 15.3 Å². The van der Waals surface area contributed by atoms with Crippen molar-refractivity contribution in [1.29, 1.82) is 0 Å². The van der Waals surface area contributed by atoms with Crippen molar-refractivity contribution in [1.82, 2.24) is 9.36 Å². The van der Waals surface area contributed by atoms with Crippen LogP contribution in [0.15, 0.2) is 41.6 Å². The molecule has 2 heterocycles. The largest absolute Gasteiger partial charge is 0.506 e. The molecule has 1 aliphatic rings. The van der Waals surface area contributed by atoms with Gasteiger partial charge in [-0.2, -0.15) is 9.36 Å². The van der Waals surface area contributed by atoms with Crippen molar-refractivity contribution in [3.8, 4) is 5.75 Å². The average molecular weight is 488 g/mol. The number of phenolic OH excluding ortho intramolecular Hbond substituents is 1. The molecular formula is C23H26FN5O2S2. The van der Waals surface area contributed by atoms with Crippen LogP contribution in [0.2, 0.25) is 0 Å². The first-order valence-corrected chi connectivity index (χ1v) is 12.6. The molecule has 0 saturated heterocycles. The van der Waals surface area contributed by atoms with Gasteiger partial charge in [0.2, 0.25) is 10.3 Å². The Kier molecular flexibility index (Phi) is 6.76. The van der Waals surface area contributed by atoms with Crippen LogP contribution < -0.4 is 15.5 Å². The molecule has 33 heavy (non-hydrogen) atoms. The number of urea groups is 1. The number of nitrogens with one attached hydrogen (secondary N) is 2. The van der Waals surface area contributed by atoms with Crippen LogP contribution >= 0.6 is 23.3 Å². The van der Waals surface area contributed by atoms with Gasteiger partial charge in [-0.3, -0.25) is 5.32 Å². The molecule has 0 spiro atoms. The Morgan fingerprint density at radius 2 is 1.97 bits per heavy atom. The summed E-state index contributed by atoms with van der Waals surface area (Å²) in [4.78, 5) is 18.9. The summed E-state index contributed by atoms with van der Waals surface area (Å²) < 4.78 is 19.2. The van der Waals surface area contributed by atoms with E-state index >= 15 is 4.39 Å². The molecule has 0 bridgehead atoms. The Hall–Kier alpha value is -2.85. The zero-order chi connectivity index (χ0) is 23.6. The molecule has 4 rings (SSSR count). The highest BCUT2D eigenvalue weighted by Gasteiger charge is 2.44. The molecule has 0 saturated carbocycles. The van der Waals surface area contributed by atoms with Crippen LogP contribution in [0.3, 0.4) is 0 Å². The zero-order valence-corrected chi connectivity index (χ0v) is 20.3. The fourth-order valence-electron chi connectivity index (χ4n) is 4.34. The van der Waals surface area contributed by atoms with E-state index in [4.69, 9.17) is 0 Å². The molecule has 1 aliphatic heterocycles. The number of hydrogen-bond acceptors (Lipinski definition) is 7. The average Bonchev–Trinajstić information content (AvgIpc) is 3.40. The smallest absolute Gasteiger partial charge is 0.325 e. The first-order chi connectivity index (χ1) is 15.9. The van der Waals surface area contributed by atoms with E-state index in [1.54, 1.807) is 6.07 Å². The quantitative estimate of drug-likeness (QED) is 0.337. The maximum absolute atomic E-state index is 15.0. The van der Waals surface area contributed by atoms with E-state index in [9.17, 15) is 9.90 Å². The van der Waals surface area contributed by atoms with Crippen LogP contribution in [-0.4, -0.2) is 32.8 Å². The minimum atomic E-state index is -0.452. The maximum Gasteiger partial charge on any atom is 0.325 e. The number of halogens is 1. The summed E-state index contributed by atoms with van der Waals surface area (Å²) in [5, 5.41) is 17.3. The van der Waals surface area contributed by atoms with Gasteiger partial charge in [0, 0.05) is 29.1 Å². The lowest BCUT2D eigenvalue weighted by Gasteiger charge is -2.29. The summed E-state index contributed by atoms with van der Waals surface area (Å²) >= 11 is 2.62. The first-order valence-electron chi connectivity index (χ1n) is 10.9. The second kappa shape index (κ2) is 9.56. The molecule has 0 radical (unpaired) electrons. The van der Waals surface area contributed by atoms with Crippen LogP contribution in [0.25, 0.3) is 0 Å². The fourth-order valence-corrected chi connectivity index (χ4v) is 5.61. The minimum Gasteiger partial charge on any atom is -0.506 e. The number of aromatic nitrogens is 2. The van der Waals surface area contributed by atoms with E-state index in [0.717, 1.165) is 30.1 Å². The van der Waals surface area contributed by atoms with Crippen molar-refractivity contribution < 1.29 is 14.3 Å². The zero-order valence-electron chi connectivity index (χ0n) is 18.7. The monoisotopic (exact) mass is 487 g/mol. The highest BCUT2D eigenvalue weighted by atomic mass is 32.2. The van der Waals surface area contributed by atoms with Crippen molar-refractivity contribution in [2.75, 3.05) is 27.8 Å². The second-order valence-corrected chi connectivity index (χ2v) is 9.76. The van der Waals surface area contributed by atoms with E-state index in [0.29, 0.717) is 39.5 Å². The van der Waals surface area contributed by atoms with Crippen LogP contribution in [0.4, 0.5) is 31.4 Å². The third kappa shape index (κ3) is 4.37. The summed E-state index contributed by atoms with van der Waals surface area (Å²) in [5.41, 5.74) is 1.77. The van der Waals surface area contributed by atoms with Gasteiger partial charge in [0.15, 0.2) is 0 Å². The number of amides is 2. The van der Waals surface area contributed by atoms with Gasteiger partial charge in [0.05, 0.1) is 17.1 Å². The lowest BCUT2D eigenvalue weighted by molar-refractivity contribution is 0.262. The van der Waals surface area contributed by atoms with E-state index in [1.165, 1.54) is 23.9 Å². The van der Waals surface area contributed by atoms with Crippen LogP contribution in [-0.2, 0) is 5.41 Å². The van der Waals surface area contributed by atoms with Crippen LogP contribution in [0.5, 0.6) is 5.75 Å². The summed E-state index contributed by atoms with van der Waals surface area (Å²) in [6.07, 6.45) is 1.44. The van der Waals surface area contributed by atoms with E-state index in [-0.39, 0.29) is 11.6 Å². The van der Waals surface area contributed by atoms with Gasteiger partial charge in [0.1, 0.15) is 11.6 Å². The minimum absolute atomic E-state index is 0.0178. The summed E-state index contributed by atoms with van der Waals surface area (Å²) in [6.45, 7) is 6.57. The highest BCUT2D eigenvalue weighted by molar-refractivity contribution is 7.99. The Balaban J connectivity index is 1.65. The van der Waals surface area contributed by atoms with Crippen LogP contribution in [0.1, 0.15) is 39.2 Å². The number of rotatable bonds is 7. The Morgan fingerprint density at radius 3 is 2.70 bits per heavy atom. The van der Waals surface area contributed by atoms with E-state index in [2.05, 4.69) is 20.0 Å². The predicted molar refractivity (Wildman–Crippen MR) is 133 cm³/mol. The number of para-hydroxylation sites is 2. The molecule has 0 unspecified atom stereocenters. The van der Waals surface area contributed by atoms with Gasteiger partial charge in [-0.1, -0.05) is 44.7 Å². The molecular weight excluding hydrogens is 461 g/mol. The van der Waals surface area contributed by atoms with Gasteiger partial charge in [-0.15, -0.1) is 0 Å². The molecule has 0 fully saturated rings. The number of hydrogen-bond donors (Lipinski definition) is 3. The SMILES string of the molecule is CCSc1nsc(NC(=O)Nc2ccccc2N2CC(CC)(CC)c3c(F)ccc(O)c32)n1. The van der Waals surface area contributed by atoms with Crippen molar-refractivity contribution in [3.63, 3.8) is 0 Å². The summed E-state index contributed by atoms with van der Waals surface area (Å²) in [7, 11) is 0. The van der Waals surface area contributed by atoms with Gasteiger partial charge >= 0.3 is 6.03 Å². The number of phenols is 1. The molecule has 0 atom stereocenters. The molecule has 3 N–H and O–H groups in total. The molecule has 1 aromatic heterocycles. The third-order valence-electron chi connectivity index (χ3n) is 6.06. The molecule has 174 valence electrons. The van der Waals surface area contributed by atoms with Crippen LogP contribution in [0, 0.1) is 5.82 Å². The highest BCUT2D eigenvalue weighted by Crippen LogP contribution is 2.53. The standard InChI is InChI=1S/C23H26FN5O2S2/c1-4-23(5-2)13-29(19-17(30)12-11-14(24)18(19)23)16-10-8-7-9-15(16)25-20(31)26-21-27-22(28-33-21)32-6-3/h7-12,30H,4-6,13H2,1-3H3,(H2,25,26,27,28,31). The van der Waals surface area contributed by atoms with E-state index in [1.807, 2.05) is 43.9 Å². The van der Waals surface area contributed by atoms with Gasteiger partial charge in [-0.05, 0) is 42.9 Å². The number of benzene rings is 2. The number of aromatic hydroxyl groups is 1.